The number of carbonyl (C=O) groups is 2. The van der Waals surface area contributed by atoms with E-state index in [0.717, 1.165) is 5.56 Å². The predicted molar refractivity (Wildman–Crippen MR) is 68.6 cm³/mol. The maximum atomic E-state index is 12.3. The van der Waals surface area contributed by atoms with Crippen molar-refractivity contribution >= 4 is 11.9 Å². The molecule has 19 heavy (non-hydrogen) atoms. The van der Waals surface area contributed by atoms with Crippen LogP contribution < -0.4 is 0 Å². The van der Waals surface area contributed by atoms with Crippen LogP contribution in [-0.2, 0) is 9.53 Å². The fraction of sp³-hybridized carbons (Fsp3) is 0.571. The van der Waals surface area contributed by atoms with Crippen molar-refractivity contribution in [2.24, 2.45) is 11.8 Å². The lowest BCUT2D eigenvalue weighted by atomic mass is 9.87. The summed E-state index contributed by atoms with van der Waals surface area (Å²) in [6.07, 6.45) is 2.16. The normalized spacial score (nSPS) is 23.2. The summed E-state index contributed by atoms with van der Waals surface area (Å²) in [5.41, 5.74) is 0.841. The minimum Gasteiger partial charge on any atom is -0.469 e. The van der Waals surface area contributed by atoms with Gasteiger partial charge in [0.15, 0.2) is 5.76 Å². The van der Waals surface area contributed by atoms with Gasteiger partial charge in [-0.2, -0.15) is 0 Å². The first kappa shape index (κ1) is 13.6. The van der Waals surface area contributed by atoms with E-state index in [1.54, 1.807) is 11.0 Å². The molecular weight excluding hydrogens is 246 g/mol. The average Bonchev–Trinajstić information content (AvgIpc) is 2.83. The molecule has 0 aromatic carbocycles. The summed E-state index contributed by atoms with van der Waals surface area (Å²) in [5.74, 6) is 0.0855. The number of aryl methyl sites for hydroxylation is 1. The first-order valence-electron chi connectivity index (χ1n) is 6.45. The fourth-order valence-electron chi connectivity index (χ4n) is 2.57. The van der Waals surface area contributed by atoms with Crippen LogP contribution in [0.1, 0.15) is 29.5 Å². The highest BCUT2D eigenvalue weighted by Gasteiger charge is 2.34. The molecule has 1 aliphatic heterocycles. The first-order valence-corrected chi connectivity index (χ1v) is 6.45. The van der Waals surface area contributed by atoms with Gasteiger partial charge in [-0.15, -0.1) is 0 Å². The minimum absolute atomic E-state index is 0.0976. The molecule has 0 unspecified atom stereocenters. The number of ether oxygens (including phenoxy) is 1. The lowest BCUT2D eigenvalue weighted by Crippen LogP contribution is -2.45. The monoisotopic (exact) mass is 265 g/mol. The molecule has 1 aromatic heterocycles. The van der Waals surface area contributed by atoms with Crippen LogP contribution in [0, 0.1) is 18.8 Å². The Kier molecular flexibility index (Phi) is 3.93. The third-order valence-corrected chi connectivity index (χ3v) is 3.75. The van der Waals surface area contributed by atoms with E-state index in [-0.39, 0.29) is 23.7 Å². The van der Waals surface area contributed by atoms with E-state index in [1.807, 2.05) is 13.8 Å². The number of hydrogen-bond acceptors (Lipinski definition) is 4. The molecule has 0 N–H and O–H groups in total. The summed E-state index contributed by atoms with van der Waals surface area (Å²) in [6.45, 7) is 4.93. The van der Waals surface area contributed by atoms with Gasteiger partial charge < -0.3 is 14.1 Å². The molecule has 0 bridgehead atoms. The Morgan fingerprint density at radius 1 is 1.47 bits per heavy atom. The van der Waals surface area contributed by atoms with E-state index >= 15 is 0 Å². The molecule has 104 valence electrons. The Morgan fingerprint density at radius 3 is 2.74 bits per heavy atom. The lowest BCUT2D eigenvalue weighted by Gasteiger charge is -2.35. The van der Waals surface area contributed by atoms with Gasteiger partial charge in [0.2, 0.25) is 0 Å². The number of piperidine rings is 1. The largest absolute Gasteiger partial charge is 0.469 e. The summed E-state index contributed by atoms with van der Waals surface area (Å²) >= 11 is 0. The highest BCUT2D eigenvalue weighted by molar-refractivity contribution is 5.93. The van der Waals surface area contributed by atoms with Crippen LogP contribution in [-0.4, -0.2) is 37.0 Å². The average molecular weight is 265 g/mol. The minimum atomic E-state index is -0.186. The molecule has 5 heteroatoms. The number of furan rings is 1. The molecule has 1 aromatic rings. The number of carbonyl (C=O) groups excluding carboxylic acids is 2. The summed E-state index contributed by atoms with van der Waals surface area (Å²) < 4.78 is 10.0. The summed E-state index contributed by atoms with van der Waals surface area (Å²) in [6, 6.07) is 1.78. The lowest BCUT2D eigenvalue weighted by molar-refractivity contribution is -0.148. The van der Waals surface area contributed by atoms with Gasteiger partial charge in [-0.3, -0.25) is 9.59 Å². The number of amides is 1. The van der Waals surface area contributed by atoms with E-state index in [1.165, 1.54) is 13.4 Å². The standard InChI is InChI=1S/C14H19NO4/c1-9-5-7-19-12(9)13(16)15-6-4-11(10(2)8-15)14(17)18-3/h5,7,10-11H,4,6,8H2,1-3H3/t10-,11-/m1/s1. The zero-order valence-corrected chi connectivity index (χ0v) is 11.5. The maximum Gasteiger partial charge on any atom is 0.309 e. The Labute approximate surface area is 112 Å². The number of methoxy groups -OCH3 is 1. The van der Waals surface area contributed by atoms with Crippen molar-refractivity contribution in [1.82, 2.24) is 4.90 Å². The van der Waals surface area contributed by atoms with E-state index in [4.69, 9.17) is 9.15 Å². The number of hydrogen-bond donors (Lipinski definition) is 0. The van der Waals surface area contributed by atoms with Crippen molar-refractivity contribution in [1.29, 1.82) is 0 Å². The van der Waals surface area contributed by atoms with Crippen LogP contribution in [0.15, 0.2) is 16.7 Å². The molecule has 0 saturated carbocycles. The zero-order chi connectivity index (χ0) is 14.0. The predicted octanol–water partition coefficient (Wildman–Crippen LogP) is 1.86. The maximum absolute atomic E-state index is 12.3. The zero-order valence-electron chi connectivity index (χ0n) is 11.5. The van der Waals surface area contributed by atoms with E-state index < -0.39 is 0 Å². The molecule has 2 atom stereocenters. The molecule has 1 saturated heterocycles. The Balaban J connectivity index is 2.04. The molecule has 5 nitrogen and oxygen atoms in total. The molecule has 1 fully saturated rings. The van der Waals surface area contributed by atoms with Crippen LogP contribution in [0.4, 0.5) is 0 Å². The molecule has 0 aliphatic carbocycles. The molecule has 2 rings (SSSR count). The van der Waals surface area contributed by atoms with Gasteiger partial charge >= 0.3 is 5.97 Å². The molecule has 1 aliphatic rings. The van der Waals surface area contributed by atoms with Gasteiger partial charge in [0, 0.05) is 18.7 Å². The van der Waals surface area contributed by atoms with Crippen LogP contribution >= 0.6 is 0 Å². The van der Waals surface area contributed by atoms with Crippen LogP contribution in [0.5, 0.6) is 0 Å². The smallest absolute Gasteiger partial charge is 0.309 e. The van der Waals surface area contributed by atoms with Crippen molar-refractivity contribution < 1.29 is 18.7 Å². The van der Waals surface area contributed by atoms with Gasteiger partial charge in [-0.05, 0) is 25.3 Å². The number of esters is 1. The van der Waals surface area contributed by atoms with Crippen molar-refractivity contribution in [2.75, 3.05) is 20.2 Å². The van der Waals surface area contributed by atoms with E-state index in [9.17, 15) is 9.59 Å². The highest BCUT2D eigenvalue weighted by Crippen LogP contribution is 2.26. The van der Waals surface area contributed by atoms with Crippen molar-refractivity contribution in [2.45, 2.75) is 20.3 Å². The highest BCUT2D eigenvalue weighted by atomic mass is 16.5. The van der Waals surface area contributed by atoms with Gasteiger partial charge in [0.05, 0.1) is 19.3 Å². The van der Waals surface area contributed by atoms with Gasteiger partial charge in [0.25, 0.3) is 5.91 Å². The third kappa shape index (κ3) is 2.64. The van der Waals surface area contributed by atoms with Gasteiger partial charge in [-0.1, -0.05) is 6.92 Å². The number of nitrogens with zero attached hydrogens (tertiary/aromatic N) is 1. The van der Waals surface area contributed by atoms with E-state index in [2.05, 4.69) is 0 Å². The van der Waals surface area contributed by atoms with Crippen LogP contribution in [0.2, 0.25) is 0 Å². The summed E-state index contributed by atoms with van der Waals surface area (Å²) in [7, 11) is 1.40. The second kappa shape index (κ2) is 5.47. The number of likely N-dealkylation sites (tertiary alicyclic amines) is 1. The second-order valence-corrected chi connectivity index (χ2v) is 5.08. The SMILES string of the molecule is COC(=O)[C@@H]1CCN(C(=O)c2occc2C)C[C@H]1C. The fourth-order valence-corrected chi connectivity index (χ4v) is 2.57. The Bertz CT molecular complexity index is 480. The van der Waals surface area contributed by atoms with Crippen molar-refractivity contribution in [3.8, 4) is 0 Å². The van der Waals surface area contributed by atoms with Gasteiger partial charge in [-0.25, -0.2) is 0 Å². The van der Waals surface area contributed by atoms with Crippen LogP contribution in [0.25, 0.3) is 0 Å². The molecule has 1 amide bonds. The number of rotatable bonds is 2. The topological polar surface area (TPSA) is 59.8 Å². The molecule has 0 radical (unpaired) electrons. The Morgan fingerprint density at radius 2 is 2.21 bits per heavy atom. The molecule has 2 heterocycles. The molecular formula is C14H19NO4. The third-order valence-electron chi connectivity index (χ3n) is 3.75. The van der Waals surface area contributed by atoms with Crippen molar-refractivity contribution in [3.63, 3.8) is 0 Å². The summed E-state index contributed by atoms with van der Waals surface area (Å²) in [4.78, 5) is 25.6. The molecule has 0 spiro atoms. The van der Waals surface area contributed by atoms with E-state index in [0.29, 0.717) is 25.3 Å². The van der Waals surface area contributed by atoms with Crippen LogP contribution in [0.3, 0.4) is 0 Å². The van der Waals surface area contributed by atoms with Crippen molar-refractivity contribution in [3.05, 3.63) is 23.7 Å². The summed E-state index contributed by atoms with van der Waals surface area (Å²) in [5, 5.41) is 0. The first-order chi connectivity index (χ1) is 9.04. The van der Waals surface area contributed by atoms with Gasteiger partial charge in [0.1, 0.15) is 0 Å². The second-order valence-electron chi connectivity index (χ2n) is 5.08. The quantitative estimate of drug-likeness (QED) is 0.766. The Hall–Kier alpha value is -1.78.